The Hall–Kier alpha value is -2.14. The molecule has 0 unspecified atom stereocenters. The summed E-state index contributed by atoms with van der Waals surface area (Å²) in [6.07, 6.45) is 0.746. The summed E-state index contributed by atoms with van der Waals surface area (Å²) in [5.74, 6) is -1.19. The van der Waals surface area contributed by atoms with Crippen molar-refractivity contribution in [3.63, 3.8) is 0 Å². The highest BCUT2D eigenvalue weighted by molar-refractivity contribution is 9.10. The molecule has 0 saturated heterocycles. The predicted octanol–water partition coefficient (Wildman–Crippen LogP) is 3.96. The van der Waals surface area contributed by atoms with Crippen LogP contribution in [0.25, 0.3) is 0 Å². The van der Waals surface area contributed by atoms with Crippen LogP contribution < -0.4 is 5.32 Å². The topological polar surface area (TPSA) is 66.4 Å². The first-order valence-electron chi connectivity index (χ1n) is 7.76. The number of carboxylic acids is 1. The van der Waals surface area contributed by atoms with E-state index in [9.17, 15) is 14.7 Å². The molecule has 0 spiro atoms. The minimum Gasteiger partial charge on any atom is -0.481 e. The van der Waals surface area contributed by atoms with E-state index < -0.39 is 11.4 Å². The van der Waals surface area contributed by atoms with Gasteiger partial charge in [0.1, 0.15) is 0 Å². The Labute approximate surface area is 149 Å². The van der Waals surface area contributed by atoms with Crippen LogP contribution in [0.2, 0.25) is 0 Å². The van der Waals surface area contributed by atoms with Gasteiger partial charge in [-0.15, -0.1) is 0 Å². The number of carbonyl (C=O) groups is 2. The Morgan fingerprint density at radius 3 is 2.38 bits per heavy atom. The van der Waals surface area contributed by atoms with Crippen molar-refractivity contribution in [1.82, 2.24) is 0 Å². The number of aryl methyl sites for hydroxylation is 1. The van der Waals surface area contributed by atoms with Crippen molar-refractivity contribution in [1.29, 1.82) is 0 Å². The number of aliphatic carboxylic acids is 1. The summed E-state index contributed by atoms with van der Waals surface area (Å²) >= 11 is 3.38. The maximum Gasteiger partial charge on any atom is 0.310 e. The molecule has 0 fully saturated rings. The number of hydrogen-bond donors (Lipinski definition) is 2. The molecule has 0 heterocycles. The van der Waals surface area contributed by atoms with Gasteiger partial charge < -0.3 is 10.4 Å². The predicted molar refractivity (Wildman–Crippen MR) is 96.0 cm³/mol. The van der Waals surface area contributed by atoms with E-state index >= 15 is 0 Å². The lowest BCUT2D eigenvalue weighted by Crippen LogP contribution is -2.36. The van der Waals surface area contributed by atoms with Crippen molar-refractivity contribution in [2.75, 3.05) is 5.32 Å². The first-order valence-corrected chi connectivity index (χ1v) is 8.55. The second-order valence-electron chi connectivity index (χ2n) is 6.39. The molecule has 4 nitrogen and oxygen atoms in total. The van der Waals surface area contributed by atoms with E-state index in [0.717, 1.165) is 21.2 Å². The first-order chi connectivity index (χ1) is 11.4. The largest absolute Gasteiger partial charge is 0.481 e. The summed E-state index contributed by atoms with van der Waals surface area (Å²) in [6.45, 7) is 1.90. The Balaban J connectivity index is 1.79. The molecular weight excluding hydrogens is 370 g/mol. The number of amides is 1. The van der Waals surface area contributed by atoms with Gasteiger partial charge in [-0.1, -0.05) is 46.3 Å². The Morgan fingerprint density at radius 2 is 1.79 bits per heavy atom. The van der Waals surface area contributed by atoms with Gasteiger partial charge in [0.15, 0.2) is 0 Å². The number of benzene rings is 2. The molecular formula is C19H18BrNO3. The molecule has 0 aliphatic heterocycles. The van der Waals surface area contributed by atoms with Gasteiger partial charge in [-0.2, -0.15) is 0 Å². The van der Waals surface area contributed by atoms with Crippen LogP contribution >= 0.6 is 15.9 Å². The molecule has 0 bridgehead atoms. The van der Waals surface area contributed by atoms with Crippen molar-refractivity contribution in [3.05, 3.63) is 63.6 Å². The van der Waals surface area contributed by atoms with Crippen LogP contribution in [-0.4, -0.2) is 17.0 Å². The van der Waals surface area contributed by atoms with Gasteiger partial charge in [0.2, 0.25) is 5.91 Å². The second-order valence-corrected chi connectivity index (χ2v) is 7.31. The summed E-state index contributed by atoms with van der Waals surface area (Å²) in [6, 6.07) is 13.3. The zero-order valence-electron chi connectivity index (χ0n) is 13.3. The molecule has 0 atom stereocenters. The molecule has 0 saturated carbocycles. The van der Waals surface area contributed by atoms with E-state index in [2.05, 4.69) is 21.2 Å². The molecule has 0 radical (unpaired) electrons. The standard InChI is InChI=1S/C19H18BrNO3/c1-12-6-7-15(20)8-16(12)21-17(22)11-19(18(23)24)9-13-4-2-3-5-14(13)10-19/h2-8H,9-11H2,1H3,(H,21,22)(H,23,24). The lowest BCUT2D eigenvalue weighted by molar-refractivity contribution is -0.150. The average Bonchev–Trinajstić information content (AvgIpc) is 2.90. The fraction of sp³-hybridized carbons (Fsp3) is 0.263. The van der Waals surface area contributed by atoms with E-state index in [4.69, 9.17) is 0 Å². The third-order valence-corrected chi connectivity index (χ3v) is 5.10. The lowest BCUT2D eigenvalue weighted by Gasteiger charge is -2.23. The fourth-order valence-corrected chi connectivity index (χ4v) is 3.64. The van der Waals surface area contributed by atoms with Gasteiger partial charge in [-0.3, -0.25) is 9.59 Å². The Kier molecular flexibility index (Phi) is 4.45. The van der Waals surface area contributed by atoms with Crippen molar-refractivity contribution in [2.45, 2.75) is 26.2 Å². The Bertz CT molecular complexity index is 791. The molecule has 1 aliphatic carbocycles. The third kappa shape index (κ3) is 3.22. The molecule has 124 valence electrons. The first kappa shape index (κ1) is 16.7. The third-order valence-electron chi connectivity index (χ3n) is 4.60. The van der Waals surface area contributed by atoms with Crippen LogP contribution in [-0.2, 0) is 22.4 Å². The maximum atomic E-state index is 12.5. The SMILES string of the molecule is Cc1ccc(Br)cc1NC(=O)CC1(C(=O)O)Cc2ccccc2C1. The van der Waals surface area contributed by atoms with Crippen LogP contribution in [0.5, 0.6) is 0 Å². The minimum atomic E-state index is -1.06. The molecule has 3 rings (SSSR count). The van der Waals surface area contributed by atoms with Gasteiger partial charge in [-0.05, 0) is 48.6 Å². The number of carbonyl (C=O) groups excluding carboxylic acids is 1. The molecule has 2 aromatic rings. The summed E-state index contributed by atoms with van der Waals surface area (Å²) in [5.41, 5.74) is 2.61. The second kappa shape index (κ2) is 6.40. The smallest absolute Gasteiger partial charge is 0.310 e. The average molecular weight is 388 g/mol. The number of halogens is 1. The van der Waals surface area contributed by atoms with Crippen LogP contribution in [0.15, 0.2) is 46.9 Å². The summed E-state index contributed by atoms with van der Waals surface area (Å²) in [7, 11) is 0. The highest BCUT2D eigenvalue weighted by Crippen LogP contribution is 2.40. The van der Waals surface area contributed by atoms with Crippen molar-refractivity contribution < 1.29 is 14.7 Å². The number of fused-ring (bicyclic) bond motifs is 1. The van der Waals surface area contributed by atoms with Crippen LogP contribution in [0, 0.1) is 12.3 Å². The normalized spacial score (nSPS) is 14.9. The van der Waals surface area contributed by atoms with Crippen LogP contribution in [0.4, 0.5) is 5.69 Å². The van der Waals surface area contributed by atoms with E-state index in [1.54, 1.807) is 0 Å². The van der Waals surface area contributed by atoms with Gasteiger partial charge in [0, 0.05) is 16.6 Å². The molecule has 1 amide bonds. The molecule has 24 heavy (non-hydrogen) atoms. The van der Waals surface area contributed by atoms with Gasteiger partial charge in [0.25, 0.3) is 0 Å². The highest BCUT2D eigenvalue weighted by atomic mass is 79.9. The quantitative estimate of drug-likeness (QED) is 0.834. The number of carboxylic acid groups (broad SMARTS) is 1. The van der Waals surface area contributed by atoms with Crippen molar-refractivity contribution in [2.24, 2.45) is 5.41 Å². The zero-order valence-corrected chi connectivity index (χ0v) is 14.9. The van der Waals surface area contributed by atoms with Crippen LogP contribution in [0.3, 0.4) is 0 Å². The number of hydrogen-bond acceptors (Lipinski definition) is 2. The summed E-state index contributed by atoms with van der Waals surface area (Å²) in [5, 5.41) is 12.6. The summed E-state index contributed by atoms with van der Waals surface area (Å²) < 4.78 is 0.865. The summed E-state index contributed by atoms with van der Waals surface area (Å²) in [4.78, 5) is 24.4. The van der Waals surface area contributed by atoms with Gasteiger partial charge >= 0.3 is 5.97 Å². The fourth-order valence-electron chi connectivity index (χ4n) is 3.28. The number of nitrogens with one attached hydrogen (secondary N) is 1. The van der Waals surface area contributed by atoms with Crippen molar-refractivity contribution in [3.8, 4) is 0 Å². The van der Waals surface area contributed by atoms with Gasteiger partial charge in [-0.25, -0.2) is 0 Å². The molecule has 5 heteroatoms. The van der Waals surface area contributed by atoms with Gasteiger partial charge in [0.05, 0.1) is 5.41 Å². The number of anilines is 1. The molecule has 2 aromatic carbocycles. The molecule has 1 aliphatic rings. The Morgan fingerprint density at radius 1 is 1.17 bits per heavy atom. The van der Waals surface area contributed by atoms with E-state index in [-0.39, 0.29) is 12.3 Å². The lowest BCUT2D eigenvalue weighted by atomic mass is 9.81. The zero-order chi connectivity index (χ0) is 17.3. The maximum absolute atomic E-state index is 12.5. The minimum absolute atomic E-state index is 0.0387. The van der Waals surface area contributed by atoms with Crippen LogP contribution in [0.1, 0.15) is 23.1 Å². The molecule has 2 N–H and O–H groups in total. The van der Waals surface area contributed by atoms with E-state index in [0.29, 0.717) is 18.5 Å². The van der Waals surface area contributed by atoms with Crippen molar-refractivity contribution >= 4 is 33.5 Å². The molecule has 0 aromatic heterocycles. The number of rotatable bonds is 4. The monoisotopic (exact) mass is 387 g/mol. The van der Waals surface area contributed by atoms with E-state index in [1.165, 1.54) is 0 Å². The highest BCUT2D eigenvalue weighted by Gasteiger charge is 2.45. The van der Waals surface area contributed by atoms with E-state index in [1.807, 2.05) is 49.4 Å².